The molecule has 24 heavy (non-hydrogen) atoms. The summed E-state index contributed by atoms with van der Waals surface area (Å²) in [4.78, 5) is 26.7. The van der Waals surface area contributed by atoms with E-state index in [9.17, 15) is 9.59 Å². The fourth-order valence-corrected chi connectivity index (χ4v) is 3.68. The van der Waals surface area contributed by atoms with Crippen molar-refractivity contribution in [1.29, 1.82) is 0 Å². The lowest BCUT2D eigenvalue weighted by molar-refractivity contribution is -0.121. The second-order valence-corrected chi connectivity index (χ2v) is 6.51. The molecule has 0 saturated heterocycles. The van der Waals surface area contributed by atoms with E-state index in [1.54, 1.807) is 0 Å². The molecule has 2 aromatic carbocycles. The number of para-hydroxylation sites is 2. The van der Waals surface area contributed by atoms with E-state index in [4.69, 9.17) is 0 Å². The van der Waals surface area contributed by atoms with Gasteiger partial charge >= 0.3 is 0 Å². The Labute approximate surface area is 141 Å². The van der Waals surface area contributed by atoms with Crippen LogP contribution in [0.2, 0.25) is 0 Å². The second-order valence-electron chi connectivity index (χ2n) is 6.51. The van der Waals surface area contributed by atoms with Crippen LogP contribution >= 0.6 is 0 Å². The van der Waals surface area contributed by atoms with E-state index in [0.29, 0.717) is 19.3 Å². The van der Waals surface area contributed by atoms with Gasteiger partial charge in [0.2, 0.25) is 11.8 Å². The molecule has 0 aliphatic carbocycles. The monoisotopic (exact) mass is 320 g/mol. The Morgan fingerprint density at radius 2 is 1.83 bits per heavy atom. The largest absolute Gasteiger partial charge is 0.326 e. The number of nitrogens with zero attached hydrogens (tertiary/aromatic N) is 1. The van der Waals surface area contributed by atoms with E-state index >= 15 is 0 Å². The van der Waals surface area contributed by atoms with Crippen molar-refractivity contribution in [2.75, 3.05) is 16.8 Å². The lowest BCUT2D eigenvalue weighted by Gasteiger charge is -2.25. The van der Waals surface area contributed by atoms with Gasteiger partial charge in [0.05, 0.1) is 0 Å². The molecule has 0 radical (unpaired) electrons. The first kappa shape index (κ1) is 14.9. The minimum atomic E-state index is -0.123. The predicted molar refractivity (Wildman–Crippen MR) is 94.0 cm³/mol. The van der Waals surface area contributed by atoms with E-state index in [2.05, 4.69) is 11.4 Å². The Bertz CT molecular complexity index is 800. The number of anilines is 2. The Morgan fingerprint density at radius 3 is 2.71 bits per heavy atom. The number of rotatable bonds is 3. The molecule has 122 valence electrons. The molecule has 2 heterocycles. The molecule has 0 spiro atoms. The molecule has 0 aromatic heterocycles. The first-order valence-corrected chi connectivity index (χ1v) is 8.49. The number of carbonyl (C=O) groups is 2. The van der Waals surface area contributed by atoms with E-state index in [0.717, 1.165) is 29.9 Å². The van der Waals surface area contributed by atoms with Crippen LogP contribution in [-0.2, 0) is 22.4 Å². The first-order chi connectivity index (χ1) is 11.7. The average molecular weight is 320 g/mol. The van der Waals surface area contributed by atoms with Gasteiger partial charge in [-0.3, -0.25) is 9.59 Å². The van der Waals surface area contributed by atoms with Crippen LogP contribution in [0.1, 0.15) is 24.0 Å². The zero-order valence-electron chi connectivity index (χ0n) is 13.5. The molecule has 2 amide bonds. The van der Waals surface area contributed by atoms with Crippen molar-refractivity contribution in [1.82, 2.24) is 0 Å². The molecule has 2 aliphatic rings. The lowest BCUT2D eigenvalue weighted by atomic mass is 9.89. The van der Waals surface area contributed by atoms with Crippen molar-refractivity contribution in [3.05, 3.63) is 59.7 Å². The van der Waals surface area contributed by atoms with E-state index in [1.807, 2.05) is 47.4 Å². The van der Waals surface area contributed by atoms with Gasteiger partial charge in [-0.05, 0) is 42.5 Å². The van der Waals surface area contributed by atoms with E-state index in [1.165, 1.54) is 5.56 Å². The molecule has 0 saturated carbocycles. The van der Waals surface area contributed by atoms with Crippen LogP contribution in [0, 0.1) is 5.92 Å². The van der Waals surface area contributed by atoms with Crippen LogP contribution in [0.4, 0.5) is 11.4 Å². The van der Waals surface area contributed by atoms with Crippen LogP contribution in [0.15, 0.2) is 48.5 Å². The molecule has 0 fully saturated rings. The Morgan fingerprint density at radius 1 is 1.08 bits per heavy atom. The summed E-state index contributed by atoms with van der Waals surface area (Å²) in [6, 6.07) is 15.9. The maximum Gasteiger partial charge on any atom is 0.227 e. The maximum atomic E-state index is 12.6. The zero-order chi connectivity index (χ0) is 16.5. The second kappa shape index (κ2) is 6.11. The smallest absolute Gasteiger partial charge is 0.227 e. The van der Waals surface area contributed by atoms with Crippen LogP contribution in [0.5, 0.6) is 0 Å². The summed E-state index contributed by atoms with van der Waals surface area (Å²) in [5, 5.41) is 2.96. The molecule has 1 N–H and O–H groups in total. The van der Waals surface area contributed by atoms with Gasteiger partial charge < -0.3 is 10.2 Å². The van der Waals surface area contributed by atoms with Crippen molar-refractivity contribution < 1.29 is 9.59 Å². The number of hydrogen-bond donors (Lipinski definition) is 1. The summed E-state index contributed by atoms with van der Waals surface area (Å²) < 4.78 is 0. The van der Waals surface area contributed by atoms with Gasteiger partial charge in [-0.15, -0.1) is 0 Å². The minimum Gasteiger partial charge on any atom is -0.326 e. The van der Waals surface area contributed by atoms with Crippen LogP contribution < -0.4 is 10.2 Å². The Hall–Kier alpha value is -2.62. The molecule has 1 atom stereocenters. The summed E-state index contributed by atoms with van der Waals surface area (Å²) in [5.74, 6) is 0.0247. The highest BCUT2D eigenvalue weighted by atomic mass is 16.2. The molecule has 4 nitrogen and oxygen atoms in total. The molecule has 0 unspecified atom stereocenters. The van der Waals surface area contributed by atoms with Crippen molar-refractivity contribution >= 4 is 23.2 Å². The molecule has 4 rings (SSSR count). The van der Waals surface area contributed by atoms with Gasteiger partial charge in [0.1, 0.15) is 0 Å². The third-order valence-corrected chi connectivity index (χ3v) is 5.01. The number of nitrogens with one attached hydrogen (secondary N) is 1. The van der Waals surface area contributed by atoms with Crippen molar-refractivity contribution in [2.45, 2.75) is 25.7 Å². The van der Waals surface area contributed by atoms with Gasteiger partial charge in [-0.25, -0.2) is 0 Å². The predicted octanol–water partition coefficient (Wildman–Crippen LogP) is 3.17. The van der Waals surface area contributed by atoms with Gasteiger partial charge in [-0.2, -0.15) is 0 Å². The van der Waals surface area contributed by atoms with Crippen molar-refractivity contribution in [3.8, 4) is 0 Å². The quantitative estimate of drug-likeness (QED) is 0.944. The molecule has 0 bridgehead atoms. The summed E-state index contributed by atoms with van der Waals surface area (Å²) in [5.41, 5.74) is 4.32. The number of benzene rings is 2. The summed E-state index contributed by atoms with van der Waals surface area (Å²) in [7, 11) is 0. The highest BCUT2D eigenvalue weighted by molar-refractivity contribution is 5.98. The SMILES string of the molecule is O=C1Nc2ccccc2C[C@H]1CCC(=O)N1CCc2ccccc21. The Kier molecular flexibility index (Phi) is 3.81. The van der Waals surface area contributed by atoms with Crippen LogP contribution in [-0.4, -0.2) is 18.4 Å². The van der Waals surface area contributed by atoms with Crippen molar-refractivity contribution in [3.63, 3.8) is 0 Å². The minimum absolute atomic E-state index is 0.0309. The lowest BCUT2D eigenvalue weighted by Crippen LogP contribution is -2.33. The maximum absolute atomic E-state index is 12.6. The van der Waals surface area contributed by atoms with Gasteiger partial charge in [-0.1, -0.05) is 36.4 Å². The number of amides is 2. The fraction of sp³-hybridized carbons (Fsp3) is 0.300. The van der Waals surface area contributed by atoms with Gasteiger partial charge in [0, 0.05) is 30.3 Å². The molecular formula is C20H20N2O2. The summed E-state index contributed by atoms with van der Waals surface area (Å²) in [6.45, 7) is 0.748. The number of hydrogen-bond acceptors (Lipinski definition) is 2. The first-order valence-electron chi connectivity index (χ1n) is 8.49. The Balaban J connectivity index is 1.41. The van der Waals surface area contributed by atoms with E-state index in [-0.39, 0.29) is 17.7 Å². The van der Waals surface area contributed by atoms with Crippen molar-refractivity contribution in [2.24, 2.45) is 5.92 Å². The van der Waals surface area contributed by atoms with Crippen LogP contribution in [0.25, 0.3) is 0 Å². The third-order valence-electron chi connectivity index (χ3n) is 5.01. The summed E-state index contributed by atoms with van der Waals surface area (Å²) >= 11 is 0. The molecule has 4 heteroatoms. The van der Waals surface area contributed by atoms with E-state index < -0.39 is 0 Å². The van der Waals surface area contributed by atoms with Gasteiger partial charge in [0.15, 0.2) is 0 Å². The standard InChI is InChI=1S/C20H20N2O2/c23-19(22-12-11-14-5-2-4-8-18(14)22)10-9-16-13-15-6-1-3-7-17(15)21-20(16)24/h1-8,16H,9-13H2,(H,21,24)/t16-/m1/s1. The summed E-state index contributed by atoms with van der Waals surface area (Å²) in [6.07, 6.45) is 2.64. The number of fused-ring (bicyclic) bond motifs is 2. The third kappa shape index (κ3) is 2.68. The highest BCUT2D eigenvalue weighted by Crippen LogP contribution is 2.30. The van der Waals surface area contributed by atoms with Gasteiger partial charge in [0.25, 0.3) is 0 Å². The normalized spacial score (nSPS) is 18.8. The zero-order valence-corrected chi connectivity index (χ0v) is 13.5. The van der Waals surface area contributed by atoms with Crippen LogP contribution in [0.3, 0.4) is 0 Å². The molecule has 2 aromatic rings. The highest BCUT2D eigenvalue weighted by Gasteiger charge is 2.29. The molecule has 2 aliphatic heterocycles. The topological polar surface area (TPSA) is 49.4 Å². The fourth-order valence-electron chi connectivity index (χ4n) is 3.68. The molecular weight excluding hydrogens is 300 g/mol. The number of carbonyl (C=O) groups excluding carboxylic acids is 2. The average Bonchev–Trinajstić information content (AvgIpc) is 3.04.